The van der Waals surface area contributed by atoms with Crippen molar-refractivity contribution in [3.05, 3.63) is 12.2 Å². The Kier molecular flexibility index (Phi) is 8.10. The Balaban J connectivity index is 2.46. The van der Waals surface area contributed by atoms with Gasteiger partial charge < -0.3 is 10.5 Å². The molecule has 0 radical (unpaired) electrons. The number of carbonyl (C=O) groups excluding carboxylic acids is 2. The van der Waals surface area contributed by atoms with Crippen LogP contribution in [-0.2, 0) is 14.3 Å². The fourth-order valence-corrected chi connectivity index (χ4v) is 1.82. The third-order valence-electron chi connectivity index (χ3n) is 2.88. The van der Waals surface area contributed by atoms with Crippen LogP contribution in [0.25, 0.3) is 0 Å². The molecule has 0 fully saturated rings. The largest absolute Gasteiger partial charge is 0.464 e. The van der Waals surface area contributed by atoms with E-state index in [0.29, 0.717) is 19.4 Å². The Labute approximate surface area is 119 Å². The molecular weight excluding hydrogens is 258 g/mol. The molecule has 0 aromatic carbocycles. The van der Waals surface area contributed by atoms with Crippen molar-refractivity contribution in [3.8, 4) is 0 Å². The van der Waals surface area contributed by atoms with Crippen molar-refractivity contribution in [2.75, 3.05) is 13.2 Å². The maximum absolute atomic E-state index is 11.5. The standard InChI is InChI=1S/C14H23N3O3/c15-14-16-11-13(19)20-10-8-6-4-2-1-3-5-7-9-12(18)17-14/h4,6H,1-3,5,7-11H2,(H3,15,16,17,18)/b6-4+. The fraction of sp³-hybridized carbons (Fsp3) is 0.643. The molecule has 0 spiro atoms. The van der Waals surface area contributed by atoms with Crippen LogP contribution in [0, 0.1) is 0 Å². The molecule has 112 valence electrons. The average Bonchev–Trinajstić information content (AvgIpc) is 2.41. The smallest absolute Gasteiger partial charge is 0.327 e. The van der Waals surface area contributed by atoms with Gasteiger partial charge in [-0.2, -0.15) is 0 Å². The molecule has 0 saturated carbocycles. The number of esters is 1. The van der Waals surface area contributed by atoms with Crippen LogP contribution in [0.2, 0.25) is 0 Å². The maximum atomic E-state index is 11.5. The van der Waals surface area contributed by atoms with Gasteiger partial charge in [-0.05, 0) is 25.7 Å². The number of carbonyl (C=O) groups is 2. The number of rotatable bonds is 0. The average molecular weight is 281 g/mol. The number of hydrogen-bond acceptors (Lipinski definition) is 5. The summed E-state index contributed by atoms with van der Waals surface area (Å²) in [7, 11) is 0. The van der Waals surface area contributed by atoms with Gasteiger partial charge in [-0.3, -0.25) is 14.9 Å². The van der Waals surface area contributed by atoms with E-state index in [1.165, 1.54) is 0 Å². The Morgan fingerprint density at radius 1 is 1.10 bits per heavy atom. The van der Waals surface area contributed by atoms with Crippen LogP contribution in [0.15, 0.2) is 17.1 Å². The number of guanidine groups is 1. The molecule has 0 bridgehead atoms. The van der Waals surface area contributed by atoms with E-state index in [1.54, 1.807) is 0 Å². The first-order valence-electron chi connectivity index (χ1n) is 7.09. The number of allylic oxidation sites excluding steroid dienone is 1. The highest BCUT2D eigenvalue weighted by Crippen LogP contribution is 2.06. The quantitative estimate of drug-likeness (QED) is 0.516. The zero-order chi connectivity index (χ0) is 14.6. The van der Waals surface area contributed by atoms with Crippen LogP contribution in [-0.4, -0.2) is 31.0 Å². The second-order valence-electron chi connectivity index (χ2n) is 4.68. The SMILES string of the molecule is NC1=NCC(=O)OCC/C=C/CCCCCCC(=O)N1. The molecule has 0 saturated heterocycles. The number of nitrogens with two attached hydrogens (primary N) is 1. The zero-order valence-electron chi connectivity index (χ0n) is 11.8. The Hall–Kier alpha value is -1.85. The molecular formula is C14H23N3O3. The third-order valence-corrected chi connectivity index (χ3v) is 2.88. The highest BCUT2D eigenvalue weighted by atomic mass is 16.5. The lowest BCUT2D eigenvalue weighted by Crippen LogP contribution is -2.37. The minimum Gasteiger partial charge on any atom is -0.464 e. The van der Waals surface area contributed by atoms with Crippen molar-refractivity contribution < 1.29 is 14.3 Å². The van der Waals surface area contributed by atoms with E-state index in [0.717, 1.165) is 32.1 Å². The molecule has 0 atom stereocenters. The monoisotopic (exact) mass is 281 g/mol. The van der Waals surface area contributed by atoms with Gasteiger partial charge in [0.05, 0.1) is 6.61 Å². The molecule has 3 N–H and O–H groups in total. The van der Waals surface area contributed by atoms with Crippen molar-refractivity contribution in [3.63, 3.8) is 0 Å². The molecule has 20 heavy (non-hydrogen) atoms. The summed E-state index contributed by atoms with van der Waals surface area (Å²) < 4.78 is 4.98. The predicted octanol–water partition coefficient (Wildman–Crippen LogP) is 1.26. The van der Waals surface area contributed by atoms with Gasteiger partial charge in [-0.25, -0.2) is 4.99 Å². The molecule has 0 aliphatic carbocycles. The van der Waals surface area contributed by atoms with E-state index < -0.39 is 5.97 Å². The predicted molar refractivity (Wildman–Crippen MR) is 77.1 cm³/mol. The molecule has 1 rings (SSSR count). The maximum Gasteiger partial charge on any atom is 0.327 e. The van der Waals surface area contributed by atoms with Gasteiger partial charge in [-0.15, -0.1) is 0 Å². The third kappa shape index (κ3) is 8.29. The van der Waals surface area contributed by atoms with Crippen LogP contribution in [0.5, 0.6) is 0 Å². The molecule has 0 aromatic rings. The summed E-state index contributed by atoms with van der Waals surface area (Å²) in [6.07, 6.45) is 10.4. The lowest BCUT2D eigenvalue weighted by atomic mass is 10.1. The summed E-state index contributed by atoms with van der Waals surface area (Å²) in [5.74, 6) is -0.639. The molecule has 6 heteroatoms. The second-order valence-corrected chi connectivity index (χ2v) is 4.68. The van der Waals surface area contributed by atoms with E-state index in [4.69, 9.17) is 10.5 Å². The Morgan fingerprint density at radius 3 is 2.70 bits per heavy atom. The van der Waals surface area contributed by atoms with E-state index in [1.807, 2.05) is 6.08 Å². The van der Waals surface area contributed by atoms with Crippen LogP contribution in [0.1, 0.15) is 44.9 Å². The molecule has 1 amide bonds. The molecule has 0 unspecified atom stereocenters. The van der Waals surface area contributed by atoms with Crippen molar-refractivity contribution >= 4 is 17.8 Å². The zero-order valence-corrected chi connectivity index (χ0v) is 11.8. The van der Waals surface area contributed by atoms with Gasteiger partial charge in [-0.1, -0.05) is 25.0 Å². The van der Waals surface area contributed by atoms with Crippen LogP contribution < -0.4 is 11.1 Å². The van der Waals surface area contributed by atoms with E-state index >= 15 is 0 Å². The minimum absolute atomic E-state index is 0.0313. The van der Waals surface area contributed by atoms with E-state index in [9.17, 15) is 9.59 Å². The van der Waals surface area contributed by atoms with Crippen LogP contribution in [0.3, 0.4) is 0 Å². The summed E-state index contributed by atoms with van der Waals surface area (Å²) in [6.45, 7) is 0.174. The first-order chi connectivity index (χ1) is 9.68. The highest BCUT2D eigenvalue weighted by Gasteiger charge is 2.05. The fourth-order valence-electron chi connectivity index (χ4n) is 1.82. The number of nitrogens with one attached hydrogen (secondary N) is 1. The van der Waals surface area contributed by atoms with Crippen molar-refractivity contribution in [2.45, 2.75) is 44.9 Å². The summed E-state index contributed by atoms with van der Waals surface area (Å²) in [5.41, 5.74) is 5.52. The molecule has 1 aliphatic heterocycles. The van der Waals surface area contributed by atoms with Gasteiger partial charge in [0, 0.05) is 6.42 Å². The summed E-state index contributed by atoms with van der Waals surface area (Å²) in [5, 5.41) is 2.46. The molecule has 6 nitrogen and oxygen atoms in total. The Morgan fingerprint density at radius 2 is 1.85 bits per heavy atom. The van der Waals surface area contributed by atoms with Crippen LogP contribution in [0.4, 0.5) is 0 Å². The van der Waals surface area contributed by atoms with Crippen molar-refractivity contribution in [1.29, 1.82) is 0 Å². The Bertz CT molecular complexity index is 378. The first kappa shape index (κ1) is 16.2. The van der Waals surface area contributed by atoms with Crippen molar-refractivity contribution in [2.24, 2.45) is 10.7 Å². The normalized spacial score (nSPS) is 22.1. The van der Waals surface area contributed by atoms with Crippen LogP contribution >= 0.6 is 0 Å². The lowest BCUT2D eigenvalue weighted by molar-refractivity contribution is -0.141. The second kappa shape index (κ2) is 10.00. The topological polar surface area (TPSA) is 93.8 Å². The number of cyclic esters (lactones) is 1. The van der Waals surface area contributed by atoms with Gasteiger partial charge in [0.1, 0.15) is 6.54 Å². The van der Waals surface area contributed by atoms with E-state index in [-0.39, 0.29) is 18.4 Å². The first-order valence-corrected chi connectivity index (χ1v) is 7.09. The minimum atomic E-state index is -0.445. The van der Waals surface area contributed by atoms with Gasteiger partial charge in [0.15, 0.2) is 5.96 Å². The number of ether oxygens (including phenoxy) is 1. The van der Waals surface area contributed by atoms with Gasteiger partial charge in [0.25, 0.3) is 0 Å². The summed E-state index contributed by atoms with van der Waals surface area (Å²) in [6, 6.07) is 0. The lowest BCUT2D eigenvalue weighted by Gasteiger charge is -2.04. The molecule has 1 aliphatic rings. The van der Waals surface area contributed by atoms with Gasteiger partial charge in [0.2, 0.25) is 5.91 Å². The molecule has 0 aromatic heterocycles. The summed E-state index contributed by atoms with van der Waals surface area (Å²) in [4.78, 5) is 26.6. The number of hydrogen-bond donors (Lipinski definition) is 2. The number of nitrogens with zero attached hydrogens (tertiary/aromatic N) is 1. The number of aliphatic imine (C=N–C) groups is 1. The molecule has 1 heterocycles. The van der Waals surface area contributed by atoms with E-state index in [2.05, 4.69) is 16.4 Å². The van der Waals surface area contributed by atoms with Gasteiger partial charge >= 0.3 is 5.97 Å². The summed E-state index contributed by atoms with van der Waals surface area (Å²) >= 11 is 0. The van der Waals surface area contributed by atoms with Crippen molar-refractivity contribution in [1.82, 2.24) is 5.32 Å². The number of amides is 1. The highest BCUT2D eigenvalue weighted by molar-refractivity contribution is 5.96.